The summed E-state index contributed by atoms with van der Waals surface area (Å²) < 4.78 is 96.8. The fraction of sp³-hybridized carbons (Fsp3) is 0.667. The first-order valence-corrected chi connectivity index (χ1v) is 10.1. The first kappa shape index (κ1) is 24.8. The average Bonchev–Trinajstić information content (AvgIpc) is 3.41. The molecule has 180 valence electrons. The van der Waals surface area contributed by atoms with Crippen molar-refractivity contribution in [3.05, 3.63) is 34.9 Å². The maximum atomic E-state index is 13.6. The predicted octanol–water partition coefficient (Wildman–Crippen LogP) is 5.01. The van der Waals surface area contributed by atoms with Crippen LogP contribution < -0.4 is 0 Å². The summed E-state index contributed by atoms with van der Waals surface area (Å²) in [6.45, 7) is 2.41. The molecular weight excluding hydrogens is 446 g/mol. The van der Waals surface area contributed by atoms with Gasteiger partial charge in [-0.1, -0.05) is 0 Å². The van der Waals surface area contributed by atoms with Crippen LogP contribution in [0.4, 0.5) is 26.3 Å². The molecule has 1 heterocycles. The summed E-state index contributed by atoms with van der Waals surface area (Å²) in [6.07, 6.45) is -11.4. The van der Waals surface area contributed by atoms with Crippen molar-refractivity contribution < 1.29 is 50.5 Å². The summed E-state index contributed by atoms with van der Waals surface area (Å²) in [5.74, 6) is -1.15. The van der Waals surface area contributed by atoms with Gasteiger partial charge in [0.1, 0.15) is 0 Å². The van der Waals surface area contributed by atoms with Crippen LogP contribution in [0.5, 0.6) is 0 Å². The van der Waals surface area contributed by atoms with Crippen LogP contribution in [0.3, 0.4) is 0 Å². The standard InChI is InChI=1S/C21H24F6O5/c1-11(30-12(2)29)7-13(10-28)17-9-19(5-6-19)32-18(31-17)15-8-14(20(22,23)24)3-4-16(15)21(25,26)27/h3-4,8,11,13,17-18,28H,5-7,9-10H2,1-2H3. The van der Waals surface area contributed by atoms with Crippen molar-refractivity contribution in [3.8, 4) is 0 Å². The number of ether oxygens (including phenoxy) is 3. The van der Waals surface area contributed by atoms with Gasteiger partial charge < -0.3 is 19.3 Å². The van der Waals surface area contributed by atoms with Gasteiger partial charge in [-0.05, 0) is 44.4 Å². The van der Waals surface area contributed by atoms with E-state index < -0.39 is 71.6 Å². The molecule has 1 saturated carbocycles. The third-order valence-electron chi connectivity index (χ3n) is 5.74. The molecule has 1 aromatic rings. The van der Waals surface area contributed by atoms with E-state index in [1.165, 1.54) is 6.92 Å². The molecule has 1 spiro atoms. The number of carbonyl (C=O) groups excluding carboxylic acids is 1. The third kappa shape index (κ3) is 5.74. The Morgan fingerprint density at radius 2 is 1.88 bits per heavy atom. The highest BCUT2D eigenvalue weighted by atomic mass is 19.4. The van der Waals surface area contributed by atoms with Crippen molar-refractivity contribution in [2.75, 3.05) is 6.61 Å². The number of esters is 1. The normalized spacial score (nSPS) is 24.8. The Kier molecular flexibility index (Phi) is 6.84. The molecule has 1 aromatic carbocycles. The third-order valence-corrected chi connectivity index (χ3v) is 5.74. The highest BCUT2D eigenvalue weighted by molar-refractivity contribution is 5.66. The summed E-state index contributed by atoms with van der Waals surface area (Å²) in [5.41, 5.74) is -4.10. The molecule has 11 heteroatoms. The number of aliphatic hydroxyl groups is 1. The zero-order valence-electron chi connectivity index (χ0n) is 17.4. The van der Waals surface area contributed by atoms with Crippen LogP contribution in [0.25, 0.3) is 0 Å². The van der Waals surface area contributed by atoms with Crippen molar-refractivity contribution in [2.45, 2.75) is 76.0 Å². The van der Waals surface area contributed by atoms with Gasteiger partial charge in [-0.2, -0.15) is 26.3 Å². The van der Waals surface area contributed by atoms with Crippen LogP contribution in [-0.2, 0) is 31.4 Å². The first-order valence-electron chi connectivity index (χ1n) is 10.1. The molecule has 1 aliphatic heterocycles. The van der Waals surface area contributed by atoms with Crippen molar-refractivity contribution >= 4 is 5.97 Å². The Hall–Kier alpha value is -1.85. The smallest absolute Gasteiger partial charge is 0.416 e. The van der Waals surface area contributed by atoms with E-state index >= 15 is 0 Å². The van der Waals surface area contributed by atoms with Gasteiger partial charge in [-0.15, -0.1) is 0 Å². The van der Waals surface area contributed by atoms with E-state index in [-0.39, 0.29) is 12.8 Å². The van der Waals surface area contributed by atoms with E-state index in [2.05, 4.69) is 0 Å². The van der Waals surface area contributed by atoms with Crippen LogP contribution in [0.15, 0.2) is 18.2 Å². The molecule has 2 fully saturated rings. The van der Waals surface area contributed by atoms with Crippen LogP contribution in [0.2, 0.25) is 0 Å². The van der Waals surface area contributed by atoms with E-state index in [1.54, 1.807) is 6.92 Å². The Balaban J connectivity index is 1.93. The number of hydrogen-bond acceptors (Lipinski definition) is 5. The second-order valence-corrected chi connectivity index (χ2v) is 8.41. The van der Waals surface area contributed by atoms with Crippen molar-refractivity contribution in [2.24, 2.45) is 5.92 Å². The number of halogens is 6. The lowest BCUT2D eigenvalue weighted by molar-refractivity contribution is -0.273. The molecule has 4 atom stereocenters. The number of benzene rings is 1. The van der Waals surface area contributed by atoms with Gasteiger partial charge in [0, 0.05) is 31.4 Å². The Bertz CT molecular complexity index is 833. The summed E-state index contributed by atoms with van der Waals surface area (Å²) in [7, 11) is 0. The van der Waals surface area contributed by atoms with Gasteiger partial charge in [-0.3, -0.25) is 4.79 Å². The molecule has 1 saturated heterocycles. The molecule has 1 aliphatic carbocycles. The lowest BCUT2D eigenvalue weighted by Crippen LogP contribution is -2.42. The molecule has 0 bridgehead atoms. The summed E-state index contributed by atoms with van der Waals surface area (Å²) in [6, 6.07) is 1.15. The summed E-state index contributed by atoms with van der Waals surface area (Å²) in [5, 5.41) is 9.85. The van der Waals surface area contributed by atoms with Crippen molar-refractivity contribution in [1.82, 2.24) is 0 Å². The molecule has 2 aliphatic rings. The van der Waals surface area contributed by atoms with Crippen LogP contribution in [-0.4, -0.2) is 35.5 Å². The largest absolute Gasteiger partial charge is 0.463 e. The Labute approximate surface area is 180 Å². The van der Waals surface area contributed by atoms with Crippen LogP contribution in [0, 0.1) is 5.92 Å². The number of hydrogen-bond donors (Lipinski definition) is 1. The maximum absolute atomic E-state index is 13.6. The number of rotatable bonds is 6. The molecule has 0 radical (unpaired) electrons. The lowest BCUT2D eigenvalue weighted by atomic mass is 9.90. The zero-order chi connectivity index (χ0) is 23.9. The van der Waals surface area contributed by atoms with Gasteiger partial charge in [0.05, 0.1) is 28.9 Å². The van der Waals surface area contributed by atoms with E-state index in [9.17, 15) is 36.2 Å². The minimum absolute atomic E-state index is 0.165. The van der Waals surface area contributed by atoms with Crippen LogP contribution >= 0.6 is 0 Å². The zero-order valence-corrected chi connectivity index (χ0v) is 17.4. The number of carbonyl (C=O) groups is 1. The quantitative estimate of drug-likeness (QED) is 0.468. The Morgan fingerprint density at radius 3 is 2.38 bits per heavy atom. The topological polar surface area (TPSA) is 65.0 Å². The second-order valence-electron chi connectivity index (χ2n) is 8.41. The van der Waals surface area contributed by atoms with Gasteiger partial charge >= 0.3 is 18.3 Å². The SMILES string of the molecule is CC(=O)OC(C)CC(CO)C1CC2(CC2)OC(c2cc(C(F)(F)F)ccc2C(F)(F)F)O1. The fourth-order valence-corrected chi connectivity index (χ4v) is 4.05. The van der Waals surface area contributed by atoms with E-state index in [1.807, 2.05) is 0 Å². The van der Waals surface area contributed by atoms with Crippen LogP contribution in [0.1, 0.15) is 62.5 Å². The van der Waals surface area contributed by atoms with Crippen molar-refractivity contribution in [1.29, 1.82) is 0 Å². The minimum Gasteiger partial charge on any atom is -0.463 e. The van der Waals surface area contributed by atoms with Gasteiger partial charge in [0.15, 0.2) is 6.29 Å². The van der Waals surface area contributed by atoms with E-state index in [0.29, 0.717) is 31.0 Å². The summed E-state index contributed by atoms with van der Waals surface area (Å²) >= 11 is 0. The lowest BCUT2D eigenvalue weighted by Gasteiger charge is -2.40. The molecule has 4 unspecified atom stereocenters. The van der Waals surface area contributed by atoms with Gasteiger partial charge in [-0.25, -0.2) is 0 Å². The van der Waals surface area contributed by atoms with Crippen molar-refractivity contribution in [3.63, 3.8) is 0 Å². The highest BCUT2D eigenvalue weighted by Gasteiger charge is 2.54. The predicted molar refractivity (Wildman–Crippen MR) is 98.1 cm³/mol. The minimum atomic E-state index is -4.92. The fourth-order valence-electron chi connectivity index (χ4n) is 4.05. The molecule has 1 N–H and O–H groups in total. The van der Waals surface area contributed by atoms with Gasteiger partial charge in [0.2, 0.25) is 0 Å². The molecule has 3 rings (SSSR count). The molecule has 0 amide bonds. The van der Waals surface area contributed by atoms with E-state index in [0.717, 1.165) is 0 Å². The van der Waals surface area contributed by atoms with E-state index in [4.69, 9.17) is 14.2 Å². The number of aliphatic hydroxyl groups excluding tert-OH is 1. The Morgan fingerprint density at radius 1 is 1.22 bits per heavy atom. The first-order chi connectivity index (χ1) is 14.7. The highest BCUT2D eigenvalue weighted by Crippen LogP contribution is 2.53. The van der Waals surface area contributed by atoms with Gasteiger partial charge in [0.25, 0.3) is 0 Å². The monoisotopic (exact) mass is 470 g/mol. The molecule has 5 nitrogen and oxygen atoms in total. The molecule has 32 heavy (non-hydrogen) atoms. The summed E-state index contributed by atoms with van der Waals surface area (Å²) in [4.78, 5) is 11.2. The molecular formula is C21H24F6O5. The second kappa shape index (κ2) is 8.83. The maximum Gasteiger partial charge on any atom is 0.416 e. The molecule has 0 aromatic heterocycles. The number of alkyl halides is 6. The average molecular weight is 470 g/mol.